The highest BCUT2D eigenvalue weighted by molar-refractivity contribution is 6.02. The molecule has 0 aliphatic heterocycles. The number of rotatable bonds is 7. The molecule has 0 radical (unpaired) electrons. The molecule has 0 atom stereocenters. The fraction of sp³-hybridized carbons (Fsp3) is 0.0909. The highest BCUT2D eigenvalue weighted by atomic mass is 16.5. The molecule has 4 aromatic rings. The summed E-state index contributed by atoms with van der Waals surface area (Å²) in [5.74, 6) is 0.987. The van der Waals surface area contributed by atoms with Gasteiger partial charge in [0.25, 0.3) is 0 Å². The number of hydrogen-bond donors (Lipinski definition) is 1. The Hall–Kier alpha value is -3.80. The van der Waals surface area contributed by atoms with E-state index in [1.165, 1.54) is 6.08 Å². The largest absolute Gasteiger partial charge is 0.490 e. The van der Waals surface area contributed by atoms with Crippen LogP contribution < -0.4 is 10.1 Å². The maximum atomic E-state index is 12.3. The maximum absolute atomic E-state index is 12.3. The van der Waals surface area contributed by atoms with Crippen LogP contribution in [-0.4, -0.2) is 22.1 Å². The lowest BCUT2D eigenvalue weighted by Crippen LogP contribution is -2.11. The molecule has 2 aromatic heterocycles. The van der Waals surface area contributed by atoms with Crippen LogP contribution in [0, 0.1) is 0 Å². The van der Waals surface area contributed by atoms with Crippen LogP contribution in [0.3, 0.4) is 0 Å². The summed E-state index contributed by atoms with van der Waals surface area (Å²) < 4.78 is 13.4. The van der Waals surface area contributed by atoms with E-state index in [-0.39, 0.29) is 5.91 Å². The predicted octanol–water partition coefficient (Wildman–Crippen LogP) is 4.36. The molecule has 0 spiro atoms. The summed E-state index contributed by atoms with van der Waals surface area (Å²) in [6.45, 7) is 1.15. The van der Waals surface area contributed by atoms with Gasteiger partial charge in [-0.3, -0.25) is 4.79 Å². The van der Waals surface area contributed by atoms with Crippen molar-refractivity contribution in [1.82, 2.24) is 9.55 Å². The summed E-state index contributed by atoms with van der Waals surface area (Å²) in [4.78, 5) is 16.3. The number of amides is 1. The third-order valence-electron chi connectivity index (χ3n) is 4.15. The van der Waals surface area contributed by atoms with Crippen LogP contribution in [-0.2, 0) is 11.3 Å². The van der Waals surface area contributed by atoms with Crippen molar-refractivity contribution in [2.45, 2.75) is 6.54 Å². The van der Waals surface area contributed by atoms with Gasteiger partial charge in [0.1, 0.15) is 23.7 Å². The number of furan rings is 1. The fourth-order valence-electron chi connectivity index (χ4n) is 2.79. The minimum Gasteiger partial charge on any atom is -0.490 e. The number of ether oxygens (including phenoxy) is 1. The van der Waals surface area contributed by atoms with Gasteiger partial charge in [0.2, 0.25) is 5.91 Å². The average Bonchev–Trinajstić information content (AvgIpc) is 3.37. The van der Waals surface area contributed by atoms with Crippen LogP contribution in [0.1, 0.15) is 5.76 Å². The number of benzene rings is 2. The lowest BCUT2D eigenvalue weighted by Gasteiger charge is -2.11. The SMILES string of the molecule is O=C(/C=C/c1cc2ccccc2o1)Nc1ccccc1OCCn1ccnc1. The Bertz CT molecular complexity index is 1060. The first-order valence-corrected chi connectivity index (χ1v) is 8.93. The number of para-hydroxylation sites is 3. The smallest absolute Gasteiger partial charge is 0.248 e. The summed E-state index contributed by atoms with van der Waals surface area (Å²) in [5.41, 5.74) is 1.41. The van der Waals surface area contributed by atoms with Crippen LogP contribution in [0.15, 0.2) is 83.8 Å². The van der Waals surface area contributed by atoms with Gasteiger partial charge >= 0.3 is 0 Å². The predicted molar refractivity (Wildman–Crippen MR) is 108 cm³/mol. The van der Waals surface area contributed by atoms with Crippen molar-refractivity contribution in [3.8, 4) is 5.75 Å². The molecule has 0 saturated heterocycles. The van der Waals surface area contributed by atoms with Crippen molar-refractivity contribution < 1.29 is 13.9 Å². The van der Waals surface area contributed by atoms with Crippen molar-refractivity contribution in [2.75, 3.05) is 11.9 Å². The number of carbonyl (C=O) groups is 1. The summed E-state index contributed by atoms with van der Waals surface area (Å²) in [6.07, 6.45) is 8.43. The van der Waals surface area contributed by atoms with E-state index in [4.69, 9.17) is 9.15 Å². The van der Waals surface area contributed by atoms with Gasteiger partial charge in [-0.25, -0.2) is 4.98 Å². The minimum atomic E-state index is -0.258. The van der Waals surface area contributed by atoms with Crippen molar-refractivity contribution in [3.63, 3.8) is 0 Å². The summed E-state index contributed by atoms with van der Waals surface area (Å²) in [5, 5.41) is 3.85. The second-order valence-electron chi connectivity index (χ2n) is 6.15. The summed E-state index contributed by atoms with van der Waals surface area (Å²) >= 11 is 0. The minimum absolute atomic E-state index is 0.258. The molecule has 0 unspecified atom stereocenters. The molecule has 2 heterocycles. The average molecular weight is 373 g/mol. The molecule has 140 valence electrons. The van der Waals surface area contributed by atoms with E-state index >= 15 is 0 Å². The number of carbonyl (C=O) groups excluding carboxylic acids is 1. The zero-order valence-corrected chi connectivity index (χ0v) is 15.1. The third-order valence-corrected chi connectivity index (χ3v) is 4.15. The van der Waals surface area contributed by atoms with E-state index in [1.807, 2.05) is 59.3 Å². The van der Waals surface area contributed by atoms with Crippen LogP contribution in [0.25, 0.3) is 17.0 Å². The normalized spacial score (nSPS) is 11.1. The Labute approximate surface area is 162 Å². The van der Waals surface area contributed by atoms with E-state index in [0.717, 1.165) is 11.0 Å². The van der Waals surface area contributed by atoms with E-state index in [2.05, 4.69) is 10.3 Å². The van der Waals surface area contributed by atoms with Crippen molar-refractivity contribution in [2.24, 2.45) is 0 Å². The third kappa shape index (κ3) is 4.29. The highest BCUT2D eigenvalue weighted by Crippen LogP contribution is 2.24. The molecule has 1 N–H and O–H groups in total. The van der Waals surface area contributed by atoms with Gasteiger partial charge in [0.15, 0.2) is 0 Å². The van der Waals surface area contributed by atoms with E-state index in [1.54, 1.807) is 24.7 Å². The van der Waals surface area contributed by atoms with E-state index in [9.17, 15) is 4.79 Å². The second kappa shape index (κ2) is 8.26. The number of anilines is 1. The van der Waals surface area contributed by atoms with Crippen molar-refractivity contribution >= 4 is 28.6 Å². The molecule has 0 bridgehead atoms. The number of hydrogen-bond acceptors (Lipinski definition) is 4. The lowest BCUT2D eigenvalue weighted by molar-refractivity contribution is -0.111. The van der Waals surface area contributed by atoms with Gasteiger partial charge in [-0.05, 0) is 30.3 Å². The fourth-order valence-corrected chi connectivity index (χ4v) is 2.79. The molecular weight excluding hydrogens is 354 g/mol. The second-order valence-corrected chi connectivity index (χ2v) is 6.15. The number of aromatic nitrogens is 2. The van der Waals surface area contributed by atoms with Gasteiger partial charge in [0, 0.05) is 23.9 Å². The molecule has 0 fully saturated rings. The Morgan fingerprint density at radius 1 is 1.18 bits per heavy atom. The number of imidazole rings is 1. The van der Waals surface area contributed by atoms with E-state index in [0.29, 0.717) is 30.3 Å². The topological polar surface area (TPSA) is 69.3 Å². The Kier molecular flexibility index (Phi) is 5.20. The first-order valence-electron chi connectivity index (χ1n) is 8.93. The Morgan fingerprint density at radius 2 is 2.04 bits per heavy atom. The molecule has 6 heteroatoms. The molecule has 4 rings (SSSR count). The number of fused-ring (bicyclic) bond motifs is 1. The number of nitrogens with one attached hydrogen (secondary N) is 1. The Morgan fingerprint density at radius 3 is 2.89 bits per heavy atom. The van der Waals surface area contributed by atoms with Crippen LogP contribution in [0.4, 0.5) is 5.69 Å². The quantitative estimate of drug-likeness (QED) is 0.489. The van der Waals surface area contributed by atoms with Crippen molar-refractivity contribution in [1.29, 1.82) is 0 Å². The molecule has 6 nitrogen and oxygen atoms in total. The van der Waals surface area contributed by atoms with Gasteiger partial charge < -0.3 is 19.0 Å². The van der Waals surface area contributed by atoms with Gasteiger partial charge in [-0.2, -0.15) is 0 Å². The highest BCUT2D eigenvalue weighted by Gasteiger charge is 2.06. The Balaban J connectivity index is 1.38. The zero-order chi connectivity index (χ0) is 19.2. The molecule has 28 heavy (non-hydrogen) atoms. The standard InChI is InChI=1S/C22H19N3O3/c26-22(10-9-18-15-17-5-1-3-7-20(17)28-18)24-19-6-2-4-8-21(19)27-14-13-25-12-11-23-16-25/h1-12,15-16H,13-14H2,(H,24,26)/b10-9+. The molecular formula is C22H19N3O3. The first kappa shape index (κ1) is 17.6. The first-order chi connectivity index (χ1) is 13.8. The maximum Gasteiger partial charge on any atom is 0.248 e. The van der Waals surface area contributed by atoms with Crippen molar-refractivity contribution in [3.05, 3.63) is 85.2 Å². The lowest BCUT2D eigenvalue weighted by atomic mass is 10.2. The van der Waals surface area contributed by atoms with E-state index < -0.39 is 0 Å². The zero-order valence-electron chi connectivity index (χ0n) is 15.1. The summed E-state index contributed by atoms with van der Waals surface area (Å²) in [7, 11) is 0. The van der Waals surface area contributed by atoms with Gasteiger partial charge in [-0.1, -0.05) is 30.3 Å². The van der Waals surface area contributed by atoms with Crippen LogP contribution in [0.2, 0.25) is 0 Å². The monoisotopic (exact) mass is 373 g/mol. The molecule has 0 aliphatic carbocycles. The van der Waals surface area contributed by atoms with Crippen LogP contribution >= 0.6 is 0 Å². The van der Waals surface area contributed by atoms with Gasteiger partial charge in [0.05, 0.1) is 18.6 Å². The summed E-state index contributed by atoms with van der Waals surface area (Å²) in [6, 6.07) is 17.0. The molecule has 0 saturated carbocycles. The molecule has 0 aliphatic rings. The number of nitrogens with zero attached hydrogens (tertiary/aromatic N) is 2. The molecule has 2 aromatic carbocycles. The van der Waals surface area contributed by atoms with Crippen LogP contribution in [0.5, 0.6) is 5.75 Å². The van der Waals surface area contributed by atoms with Gasteiger partial charge in [-0.15, -0.1) is 0 Å². The molecule has 1 amide bonds.